The summed E-state index contributed by atoms with van der Waals surface area (Å²) in [6.07, 6.45) is 11.4. The van der Waals surface area contributed by atoms with Crippen molar-refractivity contribution < 1.29 is 14.3 Å². The Hall–Kier alpha value is -0.610. The minimum Gasteiger partial charge on any atom is -0.461 e. The molecule has 0 aromatic heterocycles. The molecule has 4 aliphatic carbocycles. The van der Waals surface area contributed by atoms with Crippen molar-refractivity contribution in [3.63, 3.8) is 0 Å². The SMILES string of the molecule is O=C1O[C@H]2C(CCC3(CC3)[C@@H]3CCC4(CC4)[C@@H]32)[C@@H]1CN1CCOCC1. The van der Waals surface area contributed by atoms with E-state index in [0.29, 0.717) is 22.7 Å². The predicted octanol–water partition coefficient (Wildman–Crippen LogP) is 2.86. The summed E-state index contributed by atoms with van der Waals surface area (Å²) in [5.74, 6) is 2.28. The summed E-state index contributed by atoms with van der Waals surface area (Å²) in [6.45, 7) is 4.47. The number of hydrogen-bond donors (Lipinski definition) is 0. The third-order valence-electron chi connectivity index (χ3n) is 9.05. The lowest BCUT2D eigenvalue weighted by Gasteiger charge is -2.33. The molecular formula is C21H31NO3. The van der Waals surface area contributed by atoms with Gasteiger partial charge in [0.2, 0.25) is 0 Å². The van der Waals surface area contributed by atoms with Gasteiger partial charge in [-0.1, -0.05) is 0 Å². The van der Waals surface area contributed by atoms with Crippen molar-refractivity contribution in [2.24, 2.45) is 34.5 Å². The quantitative estimate of drug-likeness (QED) is 0.722. The molecular weight excluding hydrogens is 314 g/mol. The number of nitrogens with zero attached hydrogens (tertiary/aromatic N) is 1. The molecule has 0 radical (unpaired) electrons. The van der Waals surface area contributed by atoms with E-state index in [-0.39, 0.29) is 18.0 Å². The fraction of sp³-hybridized carbons (Fsp3) is 0.952. The molecule has 5 atom stereocenters. The maximum atomic E-state index is 12.8. The van der Waals surface area contributed by atoms with Crippen LogP contribution in [0.4, 0.5) is 0 Å². The van der Waals surface area contributed by atoms with E-state index < -0.39 is 0 Å². The first-order valence-electron chi connectivity index (χ1n) is 10.7. The second kappa shape index (κ2) is 5.22. The average molecular weight is 345 g/mol. The number of rotatable bonds is 2. The van der Waals surface area contributed by atoms with Crippen LogP contribution in [0.2, 0.25) is 0 Å². The fourth-order valence-corrected chi connectivity index (χ4v) is 7.33. The van der Waals surface area contributed by atoms with Gasteiger partial charge in [0.15, 0.2) is 0 Å². The Morgan fingerprint density at radius 1 is 0.960 bits per heavy atom. The summed E-state index contributed by atoms with van der Waals surface area (Å²) < 4.78 is 11.7. The first-order valence-corrected chi connectivity index (χ1v) is 10.7. The Labute approximate surface area is 150 Å². The average Bonchev–Trinajstić information content (AvgIpc) is 3.51. The second-order valence-electron chi connectivity index (χ2n) is 10.0. The summed E-state index contributed by atoms with van der Waals surface area (Å²) in [6, 6.07) is 0. The zero-order valence-electron chi connectivity index (χ0n) is 15.3. The molecule has 6 rings (SSSR count). The van der Waals surface area contributed by atoms with Gasteiger partial charge in [0.05, 0.1) is 19.1 Å². The summed E-state index contributed by atoms with van der Waals surface area (Å²) in [5.41, 5.74) is 1.22. The standard InChI is InChI=1S/C21H31NO3/c23-19-15(13-22-9-11-24-12-10-22)14-1-3-20(5-6-20)16-2-4-21(7-8-21)17(16)18(14)25-19/h14-18H,1-13H2/t14?,15-,16+,17-,18-/m0/s1. The van der Waals surface area contributed by atoms with Crippen molar-refractivity contribution in [2.75, 3.05) is 32.8 Å². The molecule has 0 amide bonds. The van der Waals surface area contributed by atoms with Gasteiger partial charge in [0.1, 0.15) is 6.10 Å². The number of carbonyl (C=O) groups is 1. The van der Waals surface area contributed by atoms with Crippen molar-refractivity contribution in [1.82, 2.24) is 4.90 Å². The highest BCUT2D eigenvalue weighted by atomic mass is 16.6. The molecule has 4 heteroatoms. The molecule has 1 unspecified atom stereocenters. The van der Waals surface area contributed by atoms with Crippen LogP contribution in [0.25, 0.3) is 0 Å². The third-order valence-corrected chi connectivity index (χ3v) is 9.05. The van der Waals surface area contributed by atoms with Gasteiger partial charge in [-0.3, -0.25) is 9.69 Å². The van der Waals surface area contributed by atoms with Gasteiger partial charge in [-0.15, -0.1) is 0 Å². The van der Waals surface area contributed by atoms with Gasteiger partial charge in [-0.25, -0.2) is 0 Å². The Kier molecular flexibility index (Phi) is 3.23. The molecule has 4 nitrogen and oxygen atoms in total. The van der Waals surface area contributed by atoms with Crippen LogP contribution in [0.5, 0.6) is 0 Å². The zero-order valence-corrected chi connectivity index (χ0v) is 15.3. The molecule has 6 fully saturated rings. The lowest BCUT2D eigenvalue weighted by atomic mass is 9.73. The van der Waals surface area contributed by atoms with Crippen LogP contribution >= 0.6 is 0 Å². The smallest absolute Gasteiger partial charge is 0.310 e. The summed E-state index contributed by atoms with van der Waals surface area (Å²) in [7, 11) is 0. The molecule has 2 aliphatic heterocycles. The number of ether oxygens (including phenoxy) is 2. The monoisotopic (exact) mass is 345 g/mol. The van der Waals surface area contributed by atoms with E-state index >= 15 is 0 Å². The highest BCUT2D eigenvalue weighted by molar-refractivity contribution is 5.75. The van der Waals surface area contributed by atoms with E-state index in [1.54, 1.807) is 0 Å². The molecule has 0 aromatic carbocycles. The molecule has 6 aliphatic rings. The summed E-state index contributed by atoms with van der Waals surface area (Å²) in [5, 5.41) is 0. The van der Waals surface area contributed by atoms with E-state index in [9.17, 15) is 4.79 Å². The molecule has 4 saturated carbocycles. The number of carbonyl (C=O) groups excluding carboxylic acids is 1. The Morgan fingerprint density at radius 3 is 2.40 bits per heavy atom. The number of esters is 1. The van der Waals surface area contributed by atoms with Gasteiger partial charge < -0.3 is 9.47 Å². The van der Waals surface area contributed by atoms with E-state index in [1.807, 2.05) is 0 Å². The fourth-order valence-electron chi connectivity index (χ4n) is 7.33. The van der Waals surface area contributed by atoms with Crippen molar-refractivity contribution in [2.45, 2.75) is 57.5 Å². The van der Waals surface area contributed by atoms with Crippen LogP contribution < -0.4 is 0 Å². The van der Waals surface area contributed by atoms with Gasteiger partial charge in [-0.05, 0) is 68.1 Å². The zero-order chi connectivity index (χ0) is 16.6. The van der Waals surface area contributed by atoms with Gasteiger partial charge in [0, 0.05) is 31.5 Å². The predicted molar refractivity (Wildman–Crippen MR) is 92.9 cm³/mol. The molecule has 2 spiro atoms. The largest absolute Gasteiger partial charge is 0.461 e. The first-order chi connectivity index (χ1) is 12.2. The van der Waals surface area contributed by atoms with Crippen molar-refractivity contribution in [3.8, 4) is 0 Å². The topological polar surface area (TPSA) is 38.8 Å². The molecule has 0 aromatic rings. The van der Waals surface area contributed by atoms with Crippen molar-refractivity contribution in [1.29, 1.82) is 0 Å². The number of fused-ring (bicyclic) bond motifs is 5. The molecule has 2 heterocycles. The van der Waals surface area contributed by atoms with Crippen molar-refractivity contribution in [3.05, 3.63) is 0 Å². The molecule has 138 valence electrons. The first kappa shape index (κ1) is 15.4. The van der Waals surface area contributed by atoms with Gasteiger partial charge in [-0.2, -0.15) is 0 Å². The molecule has 25 heavy (non-hydrogen) atoms. The minimum absolute atomic E-state index is 0.119. The maximum Gasteiger partial charge on any atom is 0.310 e. The third kappa shape index (κ3) is 2.22. The Bertz CT molecular complexity index is 576. The van der Waals surface area contributed by atoms with Crippen LogP contribution in [0.1, 0.15) is 51.4 Å². The van der Waals surface area contributed by atoms with Crippen molar-refractivity contribution >= 4 is 5.97 Å². The lowest BCUT2D eigenvalue weighted by Crippen LogP contribution is -2.42. The Morgan fingerprint density at radius 2 is 1.68 bits per heavy atom. The normalized spacial score (nSPS) is 46.6. The molecule has 0 bridgehead atoms. The van der Waals surface area contributed by atoms with Crippen LogP contribution in [0.15, 0.2) is 0 Å². The highest BCUT2D eigenvalue weighted by Gasteiger charge is 2.69. The lowest BCUT2D eigenvalue weighted by molar-refractivity contribution is -0.148. The summed E-state index contributed by atoms with van der Waals surface area (Å²) in [4.78, 5) is 15.3. The highest BCUT2D eigenvalue weighted by Crippen LogP contribution is 2.74. The number of morpholine rings is 1. The van der Waals surface area contributed by atoms with Crippen LogP contribution in [0.3, 0.4) is 0 Å². The van der Waals surface area contributed by atoms with E-state index in [4.69, 9.17) is 9.47 Å². The van der Waals surface area contributed by atoms with Gasteiger partial charge in [0.25, 0.3) is 0 Å². The van der Waals surface area contributed by atoms with E-state index in [1.165, 1.54) is 51.4 Å². The van der Waals surface area contributed by atoms with Gasteiger partial charge >= 0.3 is 5.97 Å². The minimum atomic E-state index is 0.119. The molecule has 2 saturated heterocycles. The van der Waals surface area contributed by atoms with Crippen LogP contribution in [-0.2, 0) is 14.3 Å². The second-order valence-corrected chi connectivity index (χ2v) is 10.0. The summed E-state index contributed by atoms with van der Waals surface area (Å²) >= 11 is 0. The van der Waals surface area contributed by atoms with Crippen LogP contribution in [-0.4, -0.2) is 49.8 Å². The van der Waals surface area contributed by atoms with E-state index in [0.717, 1.165) is 38.8 Å². The maximum absolute atomic E-state index is 12.8. The van der Waals surface area contributed by atoms with E-state index in [2.05, 4.69) is 4.90 Å². The molecule has 0 N–H and O–H groups in total. The number of hydrogen-bond acceptors (Lipinski definition) is 4. The Balaban J connectivity index is 1.29. The van der Waals surface area contributed by atoms with Crippen LogP contribution in [0, 0.1) is 34.5 Å².